The van der Waals surface area contributed by atoms with E-state index in [0.717, 1.165) is 30.6 Å². The Bertz CT molecular complexity index is 435. The molecule has 4 rings (SSSR count). The van der Waals surface area contributed by atoms with Crippen molar-refractivity contribution < 1.29 is 4.79 Å². The van der Waals surface area contributed by atoms with Gasteiger partial charge in [0.15, 0.2) is 0 Å². The summed E-state index contributed by atoms with van der Waals surface area (Å²) in [7, 11) is 0. The van der Waals surface area contributed by atoms with Crippen LogP contribution in [-0.4, -0.2) is 5.78 Å². The molecule has 104 valence electrons. The summed E-state index contributed by atoms with van der Waals surface area (Å²) in [6.07, 6.45) is 14.2. The number of hydrogen-bond donors (Lipinski definition) is 0. The monoisotopic (exact) mass is 258 g/mol. The molecule has 4 aliphatic carbocycles. The first-order valence-electron chi connectivity index (χ1n) is 8.43. The van der Waals surface area contributed by atoms with E-state index in [9.17, 15) is 4.79 Å². The Morgan fingerprint density at radius 1 is 1.05 bits per heavy atom. The topological polar surface area (TPSA) is 17.1 Å². The first kappa shape index (κ1) is 12.2. The van der Waals surface area contributed by atoms with Crippen molar-refractivity contribution in [3.63, 3.8) is 0 Å². The maximum Gasteiger partial charge on any atom is 0.139 e. The molecule has 0 bridgehead atoms. The van der Waals surface area contributed by atoms with E-state index < -0.39 is 0 Å². The molecular weight excluding hydrogens is 232 g/mol. The highest BCUT2D eigenvalue weighted by molar-refractivity contribution is 5.87. The number of rotatable bonds is 0. The summed E-state index contributed by atoms with van der Waals surface area (Å²) >= 11 is 0. The van der Waals surface area contributed by atoms with Crippen molar-refractivity contribution in [2.45, 2.75) is 64.7 Å². The molecule has 1 heteroatoms. The molecule has 0 aliphatic heterocycles. The summed E-state index contributed by atoms with van der Waals surface area (Å²) < 4.78 is 0. The first-order valence-corrected chi connectivity index (χ1v) is 8.43. The summed E-state index contributed by atoms with van der Waals surface area (Å²) in [6, 6.07) is 0. The Balaban J connectivity index is 1.68. The highest BCUT2D eigenvalue weighted by atomic mass is 16.1. The smallest absolute Gasteiger partial charge is 0.139 e. The van der Waals surface area contributed by atoms with Crippen molar-refractivity contribution in [2.75, 3.05) is 0 Å². The molecule has 1 nitrogen and oxygen atoms in total. The van der Waals surface area contributed by atoms with Gasteiger partial charge in [-0.1, -0.05) is 31.4 Å². The summed E-state index contributed by atoms with van der Waals surface area (Å²) in [5.41, 5.74) is 1.81. The highest BCUT2D eigenvalue weighted by Gasteiger charge is 2.53. The third kappa shape index (κ3) is 1.63. The maximum absolute atomic E-state index is 12.3. The molecule has 3 saturated carbocycles. The average molecular weight is 258 g/mol. The van der Waals surface area contributed by atoms with Gasteiger partial charge >= 0.3 is 0 Å². The number of Topliss-reactive ketones (excluding diaryl/α,β-unsaturated/α-hetero) is 1. The Hall–Kier alpha value is -0.590. The molecule has 19 heavy (non-hydrogen) atoms. The van der Waals surface area contributed by atoms with E-state index in [2.05, 4.69) is 13.0 Å². The van der Waals surface area contributed by atoms with E-state index in [0.29, 0.717) is 11.7 Å². The van der Waals surface area contributed by atoms with Gasteiger partial charge in [0.25, 0.3) is 0 Å². The fourth-order valence-electron chi connectivity index (χ4n) is 5.90. The van der Waals surface area contributed by atoms with Gasteiger partial charge in [-0.25, -0.2) is 0 Å². The molecule has 0 saturated heterocycles. The zero-order valence-corrected chi connectivity index (χ0v) is 12.2. The zero-order valence-electron chi connectivity index (χ0n) is 12.2. The second kappa shape index (κ2) is 4.20. The van der Waals surface area contributed by atoms with Gasteiger partial charge in [-0.3, -0.25) is 4.79 Å². The lowest BCUT2D eigenvalue weighted by Gasteiger charge is -2.49. The summed E-state index contributed by atoms with van der Waals surface area (Å²) in [4.78, 5) is 12.3. The van der Waals surface area contributed by atoms with Gasteiger partial charge in [-0.2, -0.15) is 0 Å². The van der Waals surface area contributed by atoms with Gasteiger partial charge in [-0.05, 0) is 62.2 Å². The van der Waals surface area contributed by atoms with Crippen LogP contribution in [0.2, 0.25) is 0 Å². The van der Waals surface area contributed by atoms with Crippen LogP contribution in [0.4, 0.5) is 0 Å². The molecule has 0 heterocycles. The van der Waals surface area contributed by atoms with Crippen molar-refractivity contribution >= 4 is 5.78 Å². The lowest BCUT2D eigenvalue weighted by atomic mass is 9.55. The van der Waals surface area contributed by atoms with E-state index in [-0.39, 0.29) is 5.41 Å². The Labute approximate surface area is 116 Å². The Morgan fingerprint density at radius 2 is 1.89 bits per heavy atom. The molecule has 0 aromatic rings. The molecule has 5 atom stereocenters. The zero-order chi connectivity index (χ0) is 13.0. The van der Waals surface area contributed by atoms with Crippen molar-refractivity contribution in [1.82, 2.24) is 0 Å². The molecule has 0 spiro atoms. The summed E-state index contributed by atoms with van der Waals surface area (Å²) in [6.45, 7) is 2.26. The fraction of sp³-hybridized carbons (Fsp3) is 0.833. The molecule has 0 radical (unpaired) electrons. The van der Waals surface area contributed by atoms with Crippen molar-refractivity contribution in [3.05, 3.63) is 11.6 Å². The number of allylic oxidation sites excluding steroid dienone is 2. The van der Waals surface area contributed by atoms with Crippen molar-refractivity contribution in [2.24, 2.45) is 29.1 Å². The molecule has 0 aromatic heterocycles. The van der Waals surface area contributed by atoms with E-state index in [1.807, 2.05) is 0 Å². The minimum absolute atomic E-state index is 0.00959. The molecule has 3 fully saturated rings. The minimum atomic E-state index is 0.00959. The third-order valence-electron chi connectivity index (χ3n) is 7.00. The number of carbonyl (C=O) groups excluding carboxylic acids is 1. The van der Waals surface area contributed by atoms with Crippen LogP contribution >= 0.6 is 0 Å². The van der Waals surface area contributed by atoms with Gasteiger partial charge in [0, 0.05) is 11.8 Å². The molecule has 1 unspecified atom stereocenters. The molecule has 4 aliphatic rings. The van der Waals surface area contributed by atoms with Crippen LogP contribution in [-0.2, 0) is 4.79 Å². The number of fused-ring (bicyclic) bond motifs is 5. The SMILES string of the molecule is C[C@]12CC=C3[C@H]4CCCCC4CC[C@H]3[C@@H]1CCC2=O. The normalized spacial score (nSPS) is 49.1. The molecule has 0 N–H and O–H groups in total. The highest BCUT2D eigenvalue weighted by Crippen LogP contribution is 2.58. The quantitative estimate of drug-likeness (QED) is 0.584. The van der Waals surface area contributed by atoms with Gasteiger partial charge in [-0.15, -0.1) is 0 Å². The van der Waals surface area contributed by atoms with Crippen LogP contribution in [0.15, 0.2) is 11.6 Å². The third-order valence-corrected chi connectivity index (χ3v) is 7.00. The van der Waals surface area contributed by atoms with E-state index in [4.69, 9.17) is 0 Å². The largest absolute Gasteiger partial charge is 0.299 e. The molecule has 0 amide bonds. The minimum Gasteiger partial charge on any atom is -0.299 e. The van der Waals surface area contributed by atoms with Crippen molar-refractivity contribution in [1.29, 1.82) is 0 Å². The lowest BCUT2D eigenvalue weighted by Crippen LogP contribution is -2.42. The summed E-state index contributed by atoms with van der Waals surface area (Å²) in [5.74, 6) is 3.89. The van der Waals surface area contributed by atoms with E-state index in [1.165, 1.54) is 44.9 Å². The van der Waals surface area contributed by atoms with Gasteiger partial charge in [0.1, 0.15) is 5.78 Å². The predicted octanol–water partition coefficient (Wildman–Crippen LogP) is 4.52. The number of ketones is 1. The Morgan fingerprint density at radius 3 is 2.79 bits per heavy atom. The van der Waals surface area contributed by atoms with Gasteiger partial charge in [0.2, 0.25) is 0 Å². The van der Waals surface area contributed by atoms with Crippen LogP contribution in [0.25, 0.3) is 0 Å². The van der Waals surface area contributed by atoms with Crippen LogP contribution in [0, 0.1) is 29.1 Å². The standard InChI is InChI=1S/C18H26O/c1-18-11-10-14-13-5-3-2-4-12(13)6-7-15(14)16(18)8-9-17(18)19/h10,12-13,15-16H,2-9,11H2,1H3/t12?,13-,15+,16-,18-/m0/s1. The molecule has 0 aromatic carbocycles. The Kier molecular flexibility index (Phi) is 2.69. The fourth-order valence-corrected chi connectivity index (χ4v) is 5.90. The van der Waals surface area contributed by atoms with Crippen LogP contribution in [0.3, 0.4) is 0 Å². The van der Waals surface area contributed by atoms with Gasteiger partial charge in [0.05, 0.1) is 0 Å². The van der Waals surface area contributed by atoms with Crippen LogP contribution in [0.5, 0.6) is 0 Å². The van der Waals surface area contributed by atoms with Crippen LogP contribution in [0.1, 0.15) is 64.7 Å². The second-order valence-electron chi connectivity index (χ2n) is 7.73. The van der Waals surface area contributed by atoms with E-state index in [1.54, 1.807) is 5.57 Å². The van der Waals surface area contributed by atoms with Gasteiger partial charge < -0.3 is 0 Å². The maximum atomic E-state index is 12.3. The number of hydrogen-bond acceptors (Lipinski definition) is 1. The summed E-state index contributed by atoms with van der Waals surface area (Å²) in [5, 5.41) is 0. The first-order chi connectivity index (χ1) is 9.20. The second-order valence-corrected chi connectivity index (χ2v) is 7.73. The predicted molar refractivity (Wildman–Crippen MR) is 76.7 cm³/mol. The lowest BCUT2D eigenvalue weighted by molar-refractivity contribution is -0.127. The number of carbonyl (C=O) groups is 1. The average Bonchev–Trinajstić information content (AvgIpc) is 2.75. The molecular formula is C18H26O. The van der Waals surface area contributed by atoms with E-state index >= 15 is 0 Å². The van der Waals surface area contributed by atoms with Crippen LogP contribution < -0.4 is 0 Å². The van der Waals surface area contributed by atoms with Crippen molar-refractivity contribution in [3.8, 4) is 0 Å².